The third-order valence-corrected chi connectivity index (χ3v) is 8.95. The first kappa shape index (κ1) is 23.5. The van der Waals surface area contributed by atoms with Gasteiger partial charge in [-0.25, -0.2) is 0 Å². The van der Waals surface area contributed by atoms with Gasteiger partial charge in [0.15, 0.2) is 0 Å². The Morgan fingerprint density at radius 3 is 1.84 bits per heavy atom. The molecule has 0 spiro atoms. The highest BCUT2D eigenvalue weighted by Gasteiger charge is 2.44. The van der Waals surface area contributed by atoms with Crippen LogP contribution in [0.15, 0.2) is 65.7 Å². The molecule has 0 unspecified atom stereocenters. The Labute approximate surface area is 196 Å². The van der Waals surface area contributed by atoms with Gasteiger partial charge in [-0.15, -0.1) is 0 Å². The average molecular weight is 451 g/mol. The van der Waals surface area contributed by atoms with Gasteiger partial charge in [0.1, 0.15) is 11.4 Å². The zero-order chi connectivity index (χ0) is 22.8. The van der Waals surface area contributed by atoms with Gasteiger partial charge in [-0.3, -0.25) is 4.99 Å². The quantitative estimate of drug-likeness (QED) is 0.483. The predicted octanol–water partition coefficient (Wildman–Crippen LogP) is 6.29. The summed E-state index contributed by atoms with van der Waals surface area (Å²) < 4.78 is 7.07. The normalized spacial score (nSPS) is 20.6. The Hall–Kier alpha value is -1.70. The van der Waals surface area contributed by atoms with Gasteiger partial charge in [0, 0.05) is 23.2 Å². The van der Waals surface area contributed by atoms with E-state index >= 15 is 0 Å². The molecule has 0 N–H and O–H groups in total. The Balaban J connectivity index is 1.68. The van der Waals surface area contributed by atoms with Crippen molar-refractivity contribution in [2.45, 2.75) is 84.4 Å². The topological polar surface area (TPSA) is 24.8 Å². The van der Waals surface area contributed by atoms with E-state index in [-0.39, 0.29) is 5.41 Å². The van der Waals surface area contributed by atoms with Crippen LogP contribution in [0.4, 0.5) is 0 Å². The molecule has 4 heteroatoms. The lowest BCUT2D eigenvalue weighted by Crippen LogP contribution is -2.50. The highest BCUT2D eigenvalue weighted by atomic mass is 31.1. The standard InChI is InChI=1S/C28H39N2OP/c1-27(2,3)25-21-30(22-15-9-6-10-16-22)26(29-25)28(4,5)31-32(23-17-11-7-12-18-23)24-19-13-8-14-20-24/h7-8,11-14,17-20,22,25H,6,9-10,15-16,21H2,1-5H3/t25-/m1/s1. The van der Waals surface area contributed by atoms with Crippen molar-refractivity contribution in [2.75, 3.05) is 6.54 Å². The second kappa shape index (κ2) is 9.65. The summed E-state index contributed by atoms with van der Waals surface area (Å²) in [5.74, 6) is 1.16. The summed E-state index contributed by atoms with van der Waals surface area (Å²) in [4.78, 5) is 7.98. The van der Waals surface area contributed by atoms with Crippen LogP contribution in [0.25, 0.3) is 0 Å². The fraction of sp³-hybridized carbons (Fsp3) is 0.536. The summed E-state index contributed by atoms with van der Waals surface area (Å²) >= 11 is 0. The summed E-state index contributed by atoms with van der Waals surface area (Å²) in [6.07, 6.45) is 6.58. The maximum atomic E-state index is 7.07. The Kier molecular flexibility index (Phi) is 7.08. The Bertz CT molecular complexity index is 859. The third kappa shape index (κ3) is 5.26. The first-order valence-corrected chi connectivity index (χ1v) is 13.5. The van der Waals surface area contributed by atoms with E-state index in [1.807, 2.05) is 0 Å². The molecule has 4 rings (SSSR count). The number of nitrogens with zero attached hydrogens (tertiary/aromatic N) is 2. The molecule has 0 bridgehead atoms. The zero-order valence-electron chi connectivity index (χ0n) is 20.4. The number of hydrogen-bond donors (Lipinski definition) is 0. The molecule has 1 fully saturated rings. The van der Waals surface area contributed by atoms with Crippen LogP contribution in [-0.4, -0.2) is 35.0 Å². The van der Waals surface area contributed by atoms with Crippen molar-refractivity contribution < 1.29 is 4.52 Å². The number of amidine groups is 1. The number of hydrogen-bond acceptors (Lipinski definition) is 3. The zero-order valence-corrected chi connectivity index (χ0v) is 21.3. The van der Waals surface area contributed by atoms with Crippen LogP contribution in [0.5, 0.6) is 0 Å². The van der Waals surface area contributed by atoms with Gasteiger partial charge >= 0.3 is 0 Å². The van der Waals surface area contributed by atoms with Gasteiger partial charge in [0.25, 0.3) is 0 Å². The van der Waals surface area contributed by atoms with Crippen molar-refractivity contribution in [2.24, 2.45) is 10.4 Å². The van der Waals surface area contributed by atoms with Crippen molar-refractivity contribution >= 4 is 24.6 Å². The van der Waals surface area contributed by atoms with E-state index in [2.05, 4.69) is 100 Å². The summed E-state index contributed by atoms with van der Waals surface area (Å²) in [7, 11) is -0.941. The fourth-order valence-electron chi connectivity index (χ4n) is 4.87. The van der Waals surface area contributed by atoms with E-state index < -0.39 is 13.7 Å². The molecule has 1 saturated carbocycles. The van der Waals surface area contributed by atoms with Gasteiger partial charge in [0.05, 0.1) is 14.2 Å². The van der Waals surface area contributed by atoms with Crippen LogP contribution in [0.3, 0.4) is 0 Å². The van der Waals surface area contributed by atoms with E-state index in [0.717, 1.165) is 12.4 Å². The second-order valence-corrected chi connectivity index (χ2v) is 12.6. The van der Waals surface area contributed by atoms with E-state index in [1.54, 1.807) is 0 Å². The van der Waals surface area contributed by atoms with Crippen LogP contribution in [0.2, 0.25) is 0 Å². The summed E-state index contributed by atoms with van der Waals surface area (Å²) in [6.45, 7) is 12.4. The molecule has 32 heavy (non-hydrogen) atoms. The van der Waals surface area contributed by atoms with Gasteiger partial charge in [-0.2, -0.15) is 0 Å². The molecule has 3 nitrogen and oxygen atoms in total. The van der Waals surface area contributed by atoms with E-state index in [4.69, 9.17) is 9.52 Å². The molecule has 2 aliphatic rings. The van der Waals surface area contributed by atoms with Crippen molar-refractivity contribution in [3.8, 4) is 0 Å². The molecule has 0 aromatic heterocycles. The first-order valence-electron chi connectivity index (χ1n) is 12.2. The number of rotatable bonds is 6. The van der Waals surface area contributed by atoms with E-state index in [9.17, 15) is 0 Å². The molecule has 1 heterocycles. The SMILES string of the molecule is CC(C)(OP(c1ccccc1)c1ccccc1)C1=N[C@@H](C(C)(C)C)CN1C1CCCCC1. The monoisotopic (exact) mass is 450 g/mol. The van der Waals surface area contributed by atoms with Gasteiger partial charge < -0.3 is 9.42 Å². The van der Waals surface area contributed by atoms with Gasteiger partial charge in [0.2, 0.25) is 0 Å². The predicted molar refractivity (Wildman–Crippen MR) is 138 cm³/mol. The molecule has 2 aromatic rings. The lowest BCUT2D eigenvalue weighted by molar-refractivity contribution is 0.164. The lowest BCUT2D eigenvalue weighted by Gasteiger charge is -2.40. The summed E-state index contributed by atoms with van der Waals surface area (Å²) in [5, 5.41) is 2.49. The van der Waals surface area contributed by atoms with Crippen LogP contribution in [0.1, 0.15) is 66.7 Å². The molecule has 0 radical (unpaired) electrons. The number of benzene rings is 2. The Morgan fingerprint density at radius 1 is 0.812 bits per heavy atom. The second-order valence-electron chi connectivity index (χ2n) is 10.8. The first-order chi connectivity index (χ1) is 15.3. The summed E-state index contributed by atoms with van der Waals surface area (Å²) in [5.41, 5.74) is -0.316. The summed E-state index contributed by atoms with van der Waals surface area (Å²) in [6, 6.07) is 22.3. The van der Waals surface area contributed by atoms with Crippen molar-refractivity contribution in [1.29, 1.82) is 0 Å². The smallest absolute Gasteiger partial charge is 0.132 e. The molecule has 0 amide bonds. The molecule has 172 valence electrons. The fourth-order valence-corrected chi connectivity index (χ4v) is 6.80. The molecule has 1 aliphatic heterocycles. The highest BCUT2D eigenvalue weighted by Crippen LogP contribution is 2.43. The highest BCUT2D eigenvalue weighted by molar-refractivity contribution is 7.68. The van der Waals surface area contributed by atoms with Crippen LogP contribution < -0.4 is 10.6 Å². The average Bonchev–Trinajstić information content (AvgIpc) is 3.27. The third-order valence-electron chi connectivity index (χ3n) is 6.77. The van der Waals surface area contributed by atoms with Crippen molar-refractivity contribution in [1.82, 2.24) is 4.90 Å². The lowest BCUT2D eigenvalue weighted by atomic mass is 9.87. The van der Waals surface area contributed by atoms with Crippen LogP contribution >= 0.6 is 8.15 Å². The Morgan fingerprint density at radius 2 is 1.34 bits per heavy atom. The molecule has 2 aromatic carbocycles. The van der Waals surface area contributed by atoms with Crippen molar-refractivity contribution in [3.63, 3.8) is 0 Å². The molecular weight excluding hydrogens is 411 g/mol. The van der Waals surface area contributed by atoms with Crippen molar-refractivity contribution in [3.05, 3.63) is 60.7 Å². The maximum Gasteiger partial charge on any atom is 0.132 e. The molecule has 0 saturated heterocycles. The van der Waals surface area contributed by atoms with E-state index in [1.165, 1.54) is 42.7 Å². The van der Waals surface area contributed by atoms with Gasteiger partial charge in [-0.1, -0.05) is 101 Å². The number of aliphatic imine (C=N–C) groups is 1. The van der Waals surface area contributed by atoms with Gasteiger partial charge in [-0.05, 0) is 32.1 Å². The van der Waals surface area contributed by atoms with E-state index in [0.29, 0.717) is 12.1 Å². The molecular formula is C28H39N2OP. The molecule has 1 atom stereocenters. The largest absolute Gasteiger partial charge is 0.353 e. The maximum absolute atomic E-state index is 7.07. The minimum absolute atomic E-state index is 0.147. The van der Waals surface area contributed by atoms with Crippen LogP contribution in [-0.2, 0) is 4.52 Å². The minimum atomic E-state index is -0.941. The molecule has 1 aliphatic carbocycles. The van der Waals surface area contributed by atoms with Crippen LogP contribution in [0, 0.1) is 5.41 Å². The minimum Gasteiger partial charge on any atom is -0.353 e.